The summed E-state index contributed by atoms with van der Waals surface area (Å²) < 4.78 is 6.05. The lowest BCUT2D eigenvalue weighted by molar-refractivity contribution is -0.146. The van der Waals surface area contributed by atoms with E-state index in [1.54, 1.807) is 42.5 Å². The molecule has 2 rings (SSSR count). The van der Waals surface area contributed by atoms with Gasteiger partial charge in [0.15, 0.2) is 12.4 Å². The van der Waals surface area contributed by atoms with Gasteiger partial charge in [0, 0.05) is 10.0 Å². The summed E-state index contributed by atoms with van der Waals surface area (Å²) in [5.74, 6) is -0.375. The van der Waals surface area contributed by atoms with Crippen molar-refractivity contribution in [2.45, 2.75) is 0 Å². The largest absolute Gasteiger partial charge is 0.480 e. The molecule has 0 heterocycles. The third kappa shape index (κ3) is 5.13. The Morgan fingerprint density at radius 3 is 2.61 bits per heavy atom. The maximum absolute atomic E-state index is 11.6. The molecule has 120 valence electrons. The quantitative estimate of drug-likeness (QED) is 0.345. The van der Waals surface area contributed by atoms with E-state index in [-0.39, 0.29) is 12.4 Å². The van der Waals surface area contributed by atoms with Crippen molar-refractivity contribution >= 4 is 50.9 Å². The fraction of sp³-hybridized carbons (Fsp3) is 0.0667. The van der Waals surface area contributed by atoms with Crippen LogP contribution in [0, 0.1) is 0 Å². The van der Waals surface area contributed by atoms with Gasteiger partial charge in [0.05, 0.1) is 10.0 Å². The highest BCUT2D eigenvalue weighted by Crippen LogP contribution is 2.27. The van der Waals surface area contributed by atoms with Crippen LogP contribution >= 0.6 is 39.1 Å². The number of amidine groups is 1. The average Bonchev–Trinajstić information content (AvgIpc) is 2.52. The Hall–Kier alpha value is -1.76. The van der Waals surface area contributed by atoms with Crippen LogP contribution in [0.25, 0.3) is 0 Å². The second-order valence-corrected chi connectivity index (χ2v) is 6.01. The molecule has 0 saturated carbocycles. The Labute approximate surface area is 151 Å². The summed E-state index contributed by atoms with van der Waals surface area (Å²) in [7, 11) is 0. The molecule has 0 aromatic heterocycles. The number of carbonyl (C=O) groups is 1. The molecule has 2 aromatic rings. The van der Waals surface area contributed by atoms with Crippen LogP contribution in [0.4, 0.5) is 0 Å². The summed E-state index contributed by atoms with van der Waals surface area (Å²) in [5.41, 5.74) is 6.18. The van der Waals surface area contributed by atoms with Crippen molar-refractivity contribution in [2.24, 2.45) is 10.9 Å². The Morgan fingerprint density at radius 2 is 1.91 bits per heavy atom. The average molecular weight is 418 g/mol. The van der Waals surface area contributed by atoms with Crippen molar-refractivity contribution in [3.8, 4) is 5.75 Å². The second kappa shape index (κ2) is 8.19. The van der Waals surface area contributed by atoms with Crippen molar-refractivity contribution in [3.63, 3.8) is 0 Å². The van der Waals surface area contributed by atoms with Gasteiger partial charge in [0.1, 0.15) is 5.75 Å². The molecule has 0 bridgehead atoms. The van der Waals surface area contributed by atoms with Crippen molar-refractivity contribution in [3.05, 3.63) is 62.5 Å². The Morgan fingerprint density at radius 1 is 1.17 bits per heavy atom. The minimum absolute atomic E-state index is 0.00868. The monoisotopic (exact) mass is 416 g/mol. The second-order valence-electron chi connectivity index (χ2n) is 4.28. The predicted molar refractivity (Wildman–Crippen MR) is 92.9 cm³/mol. The zero-order valence-electron chi connectivity index (χ0n) is 11.6. The first kappa shape index (κ1) is 17.6. The maximum atomic E-state index is 11.6. The third-order valence-electron chi connectivity index (χ3n) is 2.64. The summed E-state index contributed by atoms with van der Waals surface area (Å²) in [6.45, 7) is -0.360. The number of halogens is 3. The van der Waals surface area contributed by atoms with Crippen molar-refractivity contribution in [1.29, 1.82) is 0 Å². The number of nitrogens with zero attached hydrogens (tertiary/aromatic N) is 1. The smallest absolute Gasteiger partial charge is 0.372 e. The van der Waals surface area contributed by atoms with Gasteiger partial charge in [0.25, 0.3) is 0 Å². The van der Waals surface area contributed by atoms with Crippen LogP contribution in [-0.2, 0) is 9.63 Å². The zero-order chi connectivity index (χ0) is 16.8. The molecule has 0 saturated heterocycles. The predicted octanol–water partition coefficient (Wildman–Crippen LogP) is 4.00. The number of benzene rings is 2. The topological polar surface area (TPSA) is 73.9 Å². The molecule has 2 aromatic carbocycles. The molecule has 0 radical (unpaired) electrons. The van der Waals surface area contributed by atoms with Gasteiger partial charge in [-0.2, -0.15) is 0 Å². The van der Waals surface area contributed by atoms with E-state index in [1.165, 1.54) is 0 Å². The fourth-order valence-corrected chi connectivity index (χ4v) is 2.53. The molecule has 0 aliphatic heterocycles. The molecule has 0 spiro atoms. The molecule has 23 heavy (non-hydrogen) atoms. The fourth-order valence-electron chi connectivity index (χ4n) is 1.57. The van der Waals surface area contributed by atoms with Crippen LogP contribution < -0.4 is 10.5 Å². The van der Waals surface area contributed by atoms with Gasteiger partial charge in [-0.15, -0.1) is 0 Å². The van der Waals surface area contributed by atoms with Crippen LogP contribution in [0.3, 0.4) is 0 Å². The first-order chi connectivity index (χ1) is 11.0. The SMILES string of the molecule is NC(=NOC(=O)COc1ccc(Br)cc1Cl)c1ccccc1Cl. The van der Waals surface area contributed by atoms with Crippen LogP contribution in [0.2, 0.25) is 10.0 Å². The van der Waals surface area contributed by atoms with E-state index in [2.05, 4.69) is 25.9 Å². The van der Waals surface area contributed by atoms with Gasteiger partial charge in [-0.1, -0.05) is 56.4 Å². The van der Waals surface area contributed by atoms with E-state index in [9.17, 15) is 4.79 Å². The molecule has 0 unspecified atom stereocenters. The molecule has 0 atom stereocenters. The highest BCUT2D eigenvalue weighted by Gasteiger charge is 2.09. The zero-order valence-corrected chi connectivity index (χ0v) is 14.7. The molecule has 8 heteroatoms. The van der Waals surface area contributed by atoms with Gasteiger partial charge in [0.2, 0.25) is 0 Å². The van der Waals surface area contributed by atoms with Crippen LogP contribution in [0.1, 0.15) is 5.56 Å². The lowest BCUT2D eigenvalue weighted by atomic mass is 10.2. The summed E-state index contributed by atoms with van der Waals surface area (Å²) in [6.07, 6.45) is 0. The molecule has 0 fully saturated rings. The van der Waals surface area contributed by atoms with Gasteiger partial charge in [-0.05, 0) is 30.3 Å². The summed E-state index contributed by atoms with van der Waals surface area (Å²) in [6, 6.07) is 11.8. The van der Waals surface area contributed by atoms with E-state index < -0.39 is 5.97 Å². The molecule has 0 aliphatic carbocycles. The van der Waals surface area contributed by atoms with Gasteiger partial charge >= 0.3 is 5.97 Å². The Bertz CT molecular complexity index is 753. The summed E-state index contributed by atoms with van der Waals surface area (Å²) in [4.78, 5) is 16.3. The Balaban J connectivity index is 1.92. The van der Waals surface area contributed by atoms with Crippen LogP contribution in [0.15, 0.2) is 52.1 Å². The van der Waals surface area contributed by atoms with E-state index in [1.807, 2.05) is 0 Å². The van der Waals surface area contributed by atoms with Crippen LogP contribution in [0.5, 0.6) is 5.75 Å². The van der Waals surface area contributed by atoms with Crippen LogP contribution in [-0.4, -0.2) is 18.4 Å². The normalized spacial score (nSPS) is 11.2. The lowest BCUT2D eigenvalue weighted by Gasteiger charge is -2.07. The number of carbonyl (C=O) groups excluding carboxylic acids is 1. The summed E-state index contributed by atoms with van der Waals surface area (Å²) >= 11 is 15.2. The number of rotatable bonds is 5. The van der Waals surface area contributed by atoms with Crippen molar-refractivity contribution < 1.29 is 14.4 Å². The number of oxime groups is 1. The molecular weight excluding hydrogens is 407 g/mol. The van der Waals surface area contributed by atoms with E-state index in [4.69, 9.17) is 33.7 Å². The van der Waals surface area contributed by atoms with Crippen molar-refractivity contribution in [2.75, 3.05) is 6.61 Å². The third-order valence-corrected chi connectivity index (χ3v) is 3.75. The van der Waals surface area contributed by atoms with Gasteiger partial charge in [-0.25, -0.2) is 4.79 Å². The standard InChI is InChI=1S/C15H11BrCl2N2O3/c16-9-5-6-13(12(18)7-9)22-8-14(21)23-20-15(19)10-3-1-2-4-11(10)17/h1-7H,8H2,(H2,19,20). The van der Waals surface area contributed by atoms with Gasteiger partial charge in [-0.3, -0.25) is 0 Å². The molecular formula is C15H11BrCl2N2O3. The Kier molecular flexibility index (Phi) is 6.27. The summed E-state index contributed by atoms with van der Waals surface area (Å²) in [5, 5.41) is 4.32. The maximum Gasteiger partial charge on any atom is 0.372 e. The number of ether oxygens (including phenoxy) is 1. The molecule has 0 aliphatic rings. The minimum Gasteiger partial charge on any atom is -0.480 e. The highest BCUT2D eigenvalue weighted by atomic mass is 79.9. The molecule has 0 amide bonds. The van der Waals surface area contributed by atoms with Gasteiger partial charge < -0.3 is 15.3 Å². The molecule has 5 nitrogen and oxygen atoms in total. The first-order valence-corrected chi connectivity index (χ1v) is 7.88. The van der Waals surface area contributed by atoms with Crippen molar-refractivity contribution in [1.82, 2.24) is 0 Å². The molecule has 2 N–H and O–H groups in total. The van der Waals surface area contributed by atoms with E-state index in [0.29, 0.717) is 21.4 Å². The number of hydrogen-bond donors (Lipinski definition) is 1. The first-order valence-electron chi connectivity index (χ1n) is 6.33. The number of hydrogen-bond acceptors (Lipinski definition) is 4. The van der Waals surface area contributed by atoms with E-state index in [0.717, 1.165) is 4.47 Å². The van der Waals surface area contributed by atoms with E-state index >= 15 is 0 Å². The number of nitrogens with two attached hydrogens (primary N) is 1. The minimum atomic E-state index is -0.723. The lowest BCUT2D eigenvalue weighted by Crippen LogP contribution is -2.18. The highest BCUT2D eigenvalue weighted by molar-refractivity contribution is 9.10.